The van der Waals surface area contributed by atoms with E-state index in [4.69, 9.17) is 0 Å². The molecule has 0 saturated carbocycles. The molecule has 0 aliphatic carbocycles. The van der Waals surface area contributed by atoms with E-state index in [2.05, 4.69) is 0 Å². The Morgan fingerprint density at radius 2 is 0.852 bits per heavy atom. The summed E-state index contributed by atoms with van der Waals surface area (Å²) >= 11 is 0. The van der Waals surface area contributed by atoms with Gasteiger partial charge in [0, 0.05) is 11.6 Å². The van der Waals surface area contributed by atoms with Crippen LogP contribution >= 0.6 is 0 Å². The standard InChI is InChI=1S/2C11H11O2.Cu/c2*1-8-3-5-10(6-4-8)11(13)7-9(2)12;/h2*3-7H,1-2H3;/q2*-1;+2. The smallest absolute Gasteiger partial charge is 0.331 e. The van der Waals surface area contributed by atoms with E-state index in [1.807, 2.05) is 38.1 Å². The fourth-order valence-electron chi connectivity index (χ4n) is 1.97. The number of Topliss-reactive ketones (excluding diaryl/α,β-unsaturated/α-hetero) is 4. The van der Waals surface area contributed by atoms with Crippen LogP contribution in [-0.4, -0.2) is 23.1 Å². The van der Waals surface area contributed by atoms with Crippen LogP contribution in [0.1, 0.15) is 45.7 Å². The minimum Gasteiger partial charge on any atom is -0.331 e. The summed E-state index contributed by atoms with van der Waals surface area (Å²) in [4.78, 5) is 43.8. The molecule has 0 aliphatic rings. The average molecular weight is 414 g/mol. The first kappa shape index (κ1) is 24.4. The molecule has 0 bridgehead atoms. The van der Waals surface area contributed by atoms with Gasteiger partial charge in [-0.25, -0.2) is 0 Å². The number of rotatable bonds is 6. The maximum Gasteiger partial charge on any atom is 2.00 e. The van der Waals surface area contributed by atoms with E-state index in [0.29, 0.717) is 11.1 Å². The number of aryl methyl sites for hydroxylation is 2. The van der Waals surface area contributed by atoms with Crippen LogP contribution in [0.4, 0.5) is 0 Å². The quantitative estimate of drug-likeness (QED) is 0.311. The van der Waals surface area contributed by atoms with Gasteiger partial charge in [0.2, 0.25) is 0 Å². The first-order valence-corrected chi connectivity index (χ1v) is 8.11. The first-order valence-electron chi connectivity index (χ1n) is 8.11. The van der Waals surface area contributed by atoms with Gasteiger partial charge >= 0.3 is 17.1 Å². The molecule has 4 nitrogen and oxygen atoms in total. The Hall–Kier alpha value is -2.62. The number of benzene rings is 2. The summed E-state index contributed by atoms with van der Waals surface area (Å²) in [5.41, 5.74) is 3.31. The topological polar surface area (TPSA) is 68.3 Å². The molecule has 0 aromatic heterocycles. The summed E-state index contributed by atoms with van der Waals surface area (Å²) < 4.78 is 0. The Balaban J connectivity index is 0.000000483. The van der Waals surface area contributed by atoms with Crippen LogP contribution in [0, 0.1) is 26.7 Å². The monoisotopic (exact) mass is 413 g/mol. The third-order valence-electron chi connectivity index (χ3n) is 3.34. The van der Waals surface area contributed by atoms with Crippen molar-refractivity contribution in [1.29, 1.82) is 0 Å². The number of hydrogen-bond donors (Lipinski definition) is 0. The molecular formula is C22H22CuO4. The molecule has 0 amide bonds. The molecular weight excluding hydrogens is 392 g/mol. The Labute approximate surface area is 170 Å². The molecule has 0 saturated heterocycles. The molecule has 5 heteroatoms. The van der Waals surface area contributed by atoms with Crippen molar-refractivity contribution in [3.8, 4) is 0 Å². The van der Waals surface area contributed by atoms with Gasteiger partial charge in [-0.05, 0) is 27.7 Å². The second kappa shape index (κ2) is 11.9. The van der Waals surface area contributed by atoms with Gasteiger partial charge < -0.3 is 19.2 Å². The normalized spacial score (nSPS) is 9.04. The Kier molecular flexibility index (Phi) is 10.7. The zero-order chi connectivity index (χ0) is 19.7. The van der Waals surface area contributed by atoms with Gasteiger partial charge in [-0.1, -0.05) is 35.4 Å². The Bertz CT molecular complexity index is 721. The van der Waals surface area contributed by atoms with E-state index in [-0.39, 0.29) is 40.2 Å². The van der Waals surface area contributed by atoms with Gasteiger partial charge in [0.1, 0.15) is 0 Å². The maximum absolute atomic E-state index is 11.3. The predicted molar refractivity (Wildman–Crippen MR) is 101 cm³/mol. The van der Waals surface area contributed by atoms with Crippen LogP contribution < -0.4 is 0 Å². The third-order valence-corrected chi connectivity index (χ3v) is 3.34. The van der Waals surface area contributed by atoms with Gasteiger partial charge in [-0.15, -0.1) is 48.2 Å². The Morgan fingerprint density at radius 3 is 1.07 bits per heavy atom. The second-order valence-electron chi connectivity index (χ2n) is 5.97. The SMILES string of the molecule is CC(=O)[CH-]C(=O)c1ccc(C)cc1.CC(=O)[CH-]C(=O)c1ccc(C)cc1.[Cu+2]. The van der Waals surface area contributed by atoms with Crippen molar-refractivity contribution in [2.45, 2.75) is 27.7 Å². The van der Waals surface area contributed by atoms with Crippen molar-refractivity contribution in [3.05, 3.63) is 83.6 Å². The van der Waals surface area contributed by atoms with E-state index in [1.165, 1.54) is 13.8 Å². The zero-order valence-corrected chi connectivity index (χ0v) is 16.6. The van der Waals surface area contributed by atoms with Crippen LogP contribution in [0.25, 0.3) is 0 Å². The van der Waals surface area contributed by atoms with Crippen LogP contribution in [0.5, 0.6) is 0 Å². The molecule has 0 fully saturated rings. The van der Waals surface area contributed by atoms with Crippen molar-refractivity contribution in [2.75, 3.05) is 0 Å². The summed E-state index contributed by atoms with van der Waals surface area (Å²) in [5, 5.41) is 0. The molecule has 0 aliphatic heterocycles. The van der Waals surface area contributed by atoms with Crippen LogP contribution in [0.2, 0.25) is 0 Å². The zero-order valence-electron chi connectivity index (χ0n) is 15.7. The molecule has 2 aromatic rings. The molecule has 2 aromatic carbocycles. The third kappa shape index (κ3) is 9.59. The van der Waals surface area contributed by atoms with Crippen LogP contribution in [0.3, 0.4) is 0 Å². The van der Waals surface area contributed by atoms with Crippen LogP contribution in [0.15, 0.2) is 48.5 Å². The molecule has 0 spiro atoms. The van der Waals surface area contributed by atoms with Gasteiger partial charge in [0.05, 0.1) is 11.6 Å². The first-order chi connectivity index (χ1) is 12.2. The molecule has 0 N–H and O–H groups in total. The number of carbonyl (C=O) groups excluding carboxylic acids is 4. The van der Waals surface area contributed by atoms with Gasteiger partial charge in [0.15, 0.2) is 0 Å². The molecule has 145 valence electrons. The largest absolute Gasteiger partial charge is 2.00 e. The van der Waals surface area contributed by atoms with Crippen molar-refractivity contribution < 1.29 is 36.2 Å². The van der Waals surface area contributed by atoms with Crippen molar-refractivity contribution in [2.24, 2.45) is 0 Å². The van der Waals surface area contributed by atoms with Gasteiger partial charge in [-0.2, -0.15) is 0 Å². The van der Waals surface area contributed by atoms with E-state index >= 15 is 0 Å². The van der Waals surface area contributed by atoms with Crippen LogP contribution in [-0.2, 0) is 26.7 Å². The number of carbonyl (C=O) groups is 4. The van der Waals surface area contributed by atoms with Crippen molar-refractivity contribution in [3.63, 3.8) is 0 Å². The summed E-state index contributed by atoms with van der Waals surface area (Å²) in [6, 6.07) is 14.3. The summed E-state index contributed by atoms with van der Waals surface area (Å²) in [6.45, 7) is 6.63. The molecule has 1 radical (unpaired) electrons. The van der Waals surface area contributed by atoms with E-state index in [1.54, 1.807) is 24.3 Å². The summed E-state index contributed by atoms with van der Waals surface area (Å²) in [6.07, 6.45) is 2.20. The van der Waals surface area contributed by atoms with Gasteiger partial charge in [-0.3, -0.25) is 0 Å². The number of hydrogen-bond acceptors (Lipinski definition) is 4. The second-order valence-corrected chi connectivity index (χ2v) is 5.97. The van der Waals surface area contributed by atoms with Crippen molar-refractivity contribution in [1.82, 2.24) is 0 Å². The van der Waals surface area contributed by atoms with E-state index in [0.717, 1.165) is 24.0 Å². The fraction of sp³-hybridized carbons (Fsp3) is 0.182. The predicted octanol–water partition coefficient (Wildman–Crippen LogP) is 3.94. The Morgan fingerprint density at radius 1 is 0.593 bits per heavy atom. The molecule has 27 heavy (non-hydrogen) atoms. The average Bonchev–Trinajstić information content (AvgIpc) is 2.55. The minimum atomic E-state index is -0.229. The minimum absolute atomic E-state index is 0. The fourth-order valence-corrected chi connectivity index (χ4v) is 1.97. The summed E-state index contributed by atoms with van der Waals surface area (Å²) in [7, 11) is 0. The van der Waals surface area contributed by atoms with E-state index in [9.17, 15) is 19.2 Å². The summed E-state index contributed by atoms with van der Waals surface area (Å²) in [5.74, 6) is -0.892. The maximum atomic E-state index is 11.3. The van der Waals surface area contributed by atoms with E-state index < -0.39 is 0 Å². The van der Waals surface area contributed by atoms with Gasteiger partial charge in [0.25, 0.3) is 0 Å². The molecule has 0 heterocycles. The van der Waals surface area contributed by atoms with Crippen molar-refractivity contribution >= 4 is 23.1 Å². The number of ketones is 4. The molecule has 0 atom stereocenters. The molecule has 2 rings (SSSR count). The molecule has 0 unspecified atom stereocenters.